The van der Waals surface area contributed by atoms with Crippen LogP contribution in [0.4, 0.5) is 4.79 Å². The summed E-state index contributed by atoms with van der Waals surface area (Å²) >= 11 is 0. The van der Waals surface area contributed by atoms with Crippen LogP contribution in [0.5, 0.6) is 0 Å². The van der Waals surface area contributed by atoms with E-state index in [9.17, 15) is 19.2 Å². The monoisotopic (exact) mass is 607 g/mol. The van der Waals surface area contributed by atoms with E-state index in [0.717, 1.165) is 22.3 Å². The van der Waals surface area contributed by atoms with Crippen molar-refractivity contribution in [2.24, 2.45) is 5.92 Å². The number of fused-ring (bicyclic) bond motifs is 3. The first-order chi connectivity index (χ1) is 21.4. The predicted octanol–water partition coefficient (Wildman–Crippen LogP) is 2.81. The number of hydrogen-bond donors (Lipinski definition) is 4. The molecule has 4 rings (SSSR count). The molecule has 0 saturated heterocycles. The molecule has 0 saturated carbocycles. The van der Waals surface area contributed by atoms with Crippen molar-refractivity contribution in [1.82, 2.24) is 16.0 Å². The van der Waals surface area contributed by atoms with E-state index in [0.29, 0.717) is 12.8 Å². The minimum absolute atomic E-state index is 0.0192. The quantitative estimate of drug-likeness (QED) is 0.183. The number of rotatable bonds is 10. The van der Waals surface area contributed by atoms with Crippen molar-refractivity contribution in [2.75, 3.05) is 39.6 Å². The summed E-state index contributed by atoms with van der Waals surface area (Å²) in [4.78, 5) is 51.1. The third kappa shape index (κ3) is 9.14. The Labute approximate surface area is 257 Å². The van der Waals surface area contributed by atoms with Gasteiger partial charge in [-0.3, -0.25) is 9.59 Å². The molecule has 0 radical (unpaired) electrons. The topological polar surface area (TPSA) is 152 Å². The lowest BCUT2D eigenvalue weighted by molar-refractivity contribution is -0.147. The van der Waals surface area contributed by atoms with Crippen LogP contribution < -0.4 is 16.0 Å². The summed E-state index contributed by atoms with van der Waals surface area (Å²) < 4.78 is 16.2. The first kappa shape index (κ1) is 32.7. The van der Waals surface area contributed by atoms with Crippen molar-refractivity contribution in [3.8, 4) is 11.1 Å². The van der Waals surface area contributed by atoms with Crippen LogP contribution >= 0.6 is 0 Å². The van der Waals surface area contributed by atoms with Crippen molar-refractivity contribution >= 4 is 23.9 Å². The lowest BCUT2D eigenvalue weighted by atomic mass is 9.98. The van der Waals surface area contributed by atoms with E-state index >= 15 is 0 Å². The van der Waals surface area contributed by atoms with Crippen LogP contribution in [0.3, 0.4) is 0 Å². The zero-order valence-corrected chi connectivity index (χ0v) is 25.0. The van der Waals surface area contributed by atoms with Gasteiger partial charge < -0.3 is 35.3 Å². The maximum atomic E-state index is 12.9. The summed E-state index contributed by atoms with van der Waals surface area (Å²) in [6.07, 6.45) is 3.93. The number of aliphatic hydroxyl groups is 1. The highest BCUT2D eigenvalue weighted by molar-refractivity contribution is 5.86. The van der Waals surface area contributed by atoms with E-state index in [1.54, 1.807) is 13.0 Å². The van der Waals surface area contributed by atoms with E-state index in [1.165, 1.54) is 0 Å². The summed E-state index contributed by atoms with van der Waals surface area (Å²) in [6, 6.07) is 14.6. The molecule has 3 atom stereocenters. The summed E-state index contributed by atoms with van der Waals surface area (Å²) in [5.74, 6) is -1.95. The van der Waals surface area contributed by atoms with Crippen LogP contribution in [0.15, 0.2) is 60.7 Å². The average Bonchev–Trinajstić information content (AvgIpc) is 3.34. The highest BCUT2D eigenvalue weighted by atomic mass is 16.6. The number of amides is 3. The fourth-order valence-electron chi connectivity index (χ4n) is 5.39. The van der Waals surface area contributed by atoms with Gasteiger partial charge in [-0.1, -0.05) is 60.7 Å². The lowest BCUT2D eigenvalue weighted by Crippen LogP contribution is -2.45. The third-order valence-corrected chi connectivity index (χ3v) is 7.60. The summed E-state index contributed by atoms with van der Waals surface area (Å²) in [5, 5.41) is 16.9. The van der Waals surface area contributed by atoms with Gasteiger partial charge in [0.05, 0.1) is 31.8 Å². The molecule has 2 aromatic carbocycles. The number of esters is 1. The zero-order chi connectivity index (χ0) is 31.3. The molecule has 2 aromatic rings. The first-order valence-electron chi connectivity index (χ1n) is 15.1. The standard InChI is InChI=1S/C33H41N3O8/c1-22-20-43-32(40)29(14-4-2-3-9-23(31(39)35-22)19-30(38)34-15-17-42-18-16-37)36-33(41)44-21-28-26-12-7-5-10-24(26)25-11-6-8-13-27(25)28/h2-3,5-8,10-13,22-23,28-29,37H,4,9,14-21H2,1H3,(H,34,38)(H,35,39)(H,36,41)/t22-,23+,29-/m0/s1. The van der Waals surface area contributed by atoms with E-state index < -0.39 is 30.1 Å². The van der Waals surface area contributed by atoms with Crippen molar-refractivity contribution in [3.05, 3.63) is 71.8 Å². The molecular weight excluding hydrogens is 566 g/mol. The number of nitrogens with one attached hydrogen (secondary N) is 3. The molecule has 0 fully saturated rings. The van der Waals surface area contributed by atoms with Crippen molar-refractivity contribution in [1.29, 1.82) is 0 Å². The van der Waals surface area contributed by atoms with E-state index in [4.69, 9.17) is 19.3 Å². The first-order valence-corrected chi connectivity index (χ1v) is 15.1. The Kier molecular flexibility index (Phi) is 12.3. The fourth-order valence-corrected chi connectivity index (χ4v) is 5.39. The molecule has 236 valence electrons. The second kappa shape index (κ2) is 16.6. The van der Waals surface area contributed by atoms with Gasteiger partial charge in [0.2, 0.25) is 11.8 Å². The number of ether oxygens (including phenoxy) is 3. The number of carbonyl (C=O) groups excluding carboxylic acids is 4. The number of benzene rings is 2. The Morgan fingerprint density at radius 3 is 2.43 bits per heavy atom. The van der Waals surface area contributed by atoms with Crippen LogP contribution in [0.2, 0.25) is 0 Å². The molecule has 0 bridgehead atoms. The maximum Gasteiger partial charge on any atom is 0.407 e. The van der Waals surface area contributed by atoms with Gasteiger partial charge in [-0.05, 0) is 48.4 Å². The summed E-state index contributed by atoms with van der Waals surface area (Å²) in [6.45, 7) is 2.35. The molecule has 2 aliphatic rings. The van der Waals surface area contributed by atoms with Gasteiger partial charge >= 0.3 is 12.1 Å². The number of aliphatic hydroxyl groups excluding tert-OH is 1. The lowest BCUT2D eigenvalue weighted by Gasteiger charge is -2.21. The highest BCUT2D eigenvalue weighted by Gasteiger charge is 2.30. The molecule has 0 spiro atoms. The van der Waals surface area contributed by atoms with E-state index in [1.807, 2.05) is 42.5 Å². The normalized spacial score (nSPS) is 20.5. The fraction of sp³-hybridized carbons (Fsp3) is 0.455. The minimum Gasteiger partial charge on any atom is -0.462 e. The molecule has 1 heterocycles. The van der Waals surface area contributed by atoms with E-state index in [2.05, 4.69) is 28.1 Å². The van der Waals surface area contributed by atoms with Gasteiger partial charge in [0.15, 0.2) is 0 Å². The number of carbonyl (C=O) groups is 4. The third-order valence-electron chi connectivity index (χ3n) is 7.60. The molecule has 3 amide bonds. The molecular formula is C33H41N3O8. The minimum atomic E-state index is -0.936. The van der Waals surface area contributed by atoms with Gasteiger partial charge in [0.1, 0.15) is 19.3 Å². The molecule has 1 aliphatic heterocycles. The number of allylic oxidation sites excluding steroid dienone is 2. The Morgan fingerprint density at radius 2 is 1.73 bits per heavy atom. The summed E-state index contributed by atoms with van der Waals surface area (Å²) in [5.41, 5.74) is 4.42. The Morgan fingerprint density at radius 1 is 1.02 bits per heavy atom. The molecule has 44 heavy (non-hydrogen) atoms. The largest absolute Gasteiger partial charge is 0.462 e. The second-order valence-electron chi connectivity index (χ2n) is 10.9. The van der Waals surface area contributed by atoms with Gasteiger partial charge in [0.25, 0.3) is 0 Å². The molecule has 0 unspecified atom stereocenters. The van der Waals surface area contributed by atoms with E-state index in [-0.39, 0.29) is 70.2 Å². The van der Waals surface area contributed by atoms with Crippen LogP contribution in [-0.2, 0) is 28.6 Å². The molecule has 1 aliphatic carbocycles. The molecule has 0 aromatic heterocycles. The predicted molar refractivity (Wildman–Crippen MR) is 163 cm³/mol. The summed E-state index contributed by atoms with van der Waals surface area (Å²) in [7, 11) is 0. The maximum absolute atomic E-state index is 12.9. The molecule has 4 N–H and O–H groups in total. The Hall–Kier alpha value is -4.22. The number of alkyl carbamates (subject to hydrolysis) is 1. The van der Waals surface area contributed by atoms with Crippen molar-refractivity contribution in [2.45, 2.75) is 50.6 Å². The van der Waals surface area contributed by atoms with Gasteiger partial charge in [-0.15, -0.1) is 0 Å². The van der Waals surface area contributed by atoms with Crippen molar-refractivity contribution < 1.29 is 38.5 Å². The van der Waals surface area contributed by atoms with Gasteiger partial charge in [-0.25, -0.2) is 9.59 Å². The smallest absolute Gasteiger partial charge is 0.407 e. The van der Waals surface area contributed by atoms with Gasteiger partial charge in [-0.2, -0.15) is 0 Å². The number of cyclic esters (lactones) is 1. The van der Waals surface area contributed by atoms with Gasteiger partial charge in [0, 0.05) is 18.9 Å². The van der Waals surface area contributed by atoms with Crippen LogP contribution in [0.25, 0.3) is 11.1 Å². The van der Waals surface area contributed by atoms with Crippen LogP contribution in [0, 0.1) is 5.92 Å². The zero-order valence-electron chi connectivity index (χ0n) is 25.0. The SMILES string of the molecule is C[C@H]1COC(=O)[C@@H](NC(=O)OCC2c3ccccc3-c3ccccc32)CCC=CC[C@H](CC(=O)NCCOCCO)C(=O)N1. The number of hydrogen-bond acceptors (Lipinski definition) is 8. The second-order valence-corrected chi connectivity index (χ2v) is 10.9. The Balaban J connectivity index is 1.32. The van der Waals surface area contributed by atoms with Crippen molar-refractivity contribution in [3.63, 3.8) is 0 Å². The Bertz CT molecular complexity index is 1280. The highest BCUT2D eigenvalue weighted by Crippen LogP contribution is 2.44. The van der Waals surface area contributed by atoms with Crippen LogP contribution in [-0.4, -0.2) is 80.6 Å². The average molecular weight is 608 g/mol. The molecule has 11 heteroatoms. The van der Waals surface area contributed by atoms with Crippen LogP contribution in [0.1, 0.15) is 49.7 Å². The molecule has 11 nitrogen and oxygen atoms in total.